The monoisotopic (exact) mass is 353 g/mol. The maximum Gasteiger partial charge on any atom is 0.255 e. The Bertz CT molecular complexity index is 534. The fourth-order valence-electron chi connectivity index (χ4n) is 3.59. The van der Waals surface area contributed by atoms with Gasteiger partial charge in [-0.25, -0.2) is 0 Å². The number of benzene rings is 1. The van der Waals surface area contributed by atoms with Gasteiger partial charge in [0.05, 0.1) is 18.8 Å². The van der Waals surface area contributed by atoms with E-state index in [4.69, 9.17) is 9.47 Å². The van der Waals surface area contributed by atoms with Crippen LogP contribution in [-0.4, -0.2) is 43.2 Å². The molecule has 0 aliphatic carbocycles. The molecule has 2 saturated heterocycles. The molecule has 0 spiro atoms. The number of ether oxygens (including phenoxy) is 2. The van der Waals surface area contributed by atoms with Gasteiger partial charge in [-0.05, 0) is 59.8 Å². The van der Waals surface area contributed by atoms with Gasteiger partial charge in [-0.1, -0.05) is 0 Å². The highest BCUT2D eigenvalue weighted by molar-refractivity contribution is 9.10. The van der Waals surface area contributed by atoms with E-state index in [-0.39, 0.29) is 5.91 Å². The molecule has 0 aromatic heterocycles. The number of carbonyl (C=O) groups excluding carboxylic acids is 1. The Morgan fingerprint density at radius 3 is 2.48 bits per heavy atom. The van der Waals surface area contributed by atoms with Crippen molar-refractivity contribution in [1.82, 2.24) is 4.90 Å². The van der Waals surface area contributed by atoms with Crippen LogP contribution in [0.25, 0.3) is 0 Å². The van der Waals surface area contributed by atoms with Crippen LogP contribution in [0.15, 0.2) is 22.7 Å². The predicted molar refractivity (Wildman–Crippen MR) is 83.7 cm³/mol. The van der Waals surface area contributed by atoms with Crippen molar-refractivity contribution in [3.8, 4) is 5.75 Å². The molecule has 2 fully saturated rings. The number of carbonyl (C=O) groups is 1. The summed E-state index contributed by atoms with van der Waals surface area (Å²) in [6.45, 7) is 0. The molecule has 2 atom stereocenters. The van der Waals surface area contributed by atoms with Gasteiger partial charge in [-0.3, -0.25) is 4.79 Å². The fourth-order valence-corrected chi connectivity index (χ4v) is 4.00. The lowest BCUT2D eigenvalue weighted by Crippen LogP contribution is -2.48. The number of hydrogen-bond acceptors (Lipinski definition) is 3. The summed E-state index contributed by atoms with van der Waals surface area (Å²) in [6, 6.07) is 6.15. The van der Waals surface area contributed by atoms with Gasteiger partial charge in [0.15, 0.2) is 0 Å². The van der Waals surface area contributed by atoms with E-state index in [1.54, 1.807) is 14.2 Å². The Morgan fingerprint density at radius 1 is 1.24 bits per heavy atom. The van der Waals surface area contributed by atoms with E-state index in [9.17, 15) is 4.79 Å². The van der Waals surface area contributed by atoms with Crippen LogP contribution in [0.5, 0.6) is 5.75 Å². The van der Waals surface area contributed by atoms with Gasteiger partial charge < -0.3 is 14.4 Å². The van der Waals surface area contributed by atoms with E-state index >= 15 is 0 Å². The van der Waals surface area contributed by atoms with E-state index in [1.165, 1.54) is 0 Å². The molecular weight excluding hydrogens is 334 g/mol. The van der Waals surface area contributed by atoms with Crippen LogP contribution < -0.4 is 4.74 Å². The zero-order chi connectivity index (χ0) is 15.0. The third kappa shape index (κ3) is 2.69. The lowest BCUT2D eigenvalue weighted by atomic mass is 9.98. The molecule has 0 radical (unpaired) electrons. The van der Waals surface area contributed by atoms with Crippen molar-refractivity contribution >= 4 is 21.8 Å². The minimum absolute atomic E-state index is 0.0998. The third-order valence-corrected chi connectivity index (χ3v) is 5.35. The lowest BCUT2D eigenvalue weighted by Gasteiger charge is -2.38. The highest BCUT2D eigenvalue weighted by Crippen LogP contribution is 2.38. The van der Waals surface area contributed by atoms with Crippen molar-refractivity contribution in [2.45, 2.75) is 43.9 Å². The maximum absolute atomic E-state index is 12.9. The Kier molecular flexibility index (Phi) is 4.22. The van der Waals surface area contributed by atoms with Gasteiger partial charge in [-0.2, -0.15) is 0 Å². The molecule has 1 aromatic carbocycles. The zero-order valence-electron chi connectivity index (χ0n) is 12.3. The second-order valence-corrected chi connectivity index (χ2v) is 6.63. The molecule has 2 aliphatic rings. The largest absolute Gasteiger partial charge is 0.497 e. The molecular formula is C16H20BrNO3. The molecule has 2 heterocycles. The smallest absolute Gasteiger partial charge is 0.255 e. The van der Waals surface area contributed by atoms with Crippen LogP contribution in [0.3, 0.4) is 0 Å². The number of fused-ring (bicyclic) bond motifs is 2. The summed E-state index contributed by atoms with van der Waals surface area (Å²) in [6.07, 6.45) is 4.34. The Balaban J connectivity index is 1.86. The average Bonchev–Trinajstić information content (AvgIpc) is 2.77. The van der Waals surface area contributed by atoms with E-state index < -0.39 is 0 Å². The van der Waals surface area contributed by atoms with Gasteiger partial charge in [0.1, 0.15) is 5.75 Å². The topological polar surface area (TPSA) is 38.8 Å². The first-order chi connectivity index (χ1) is 10.1. The van der Waals surface area contributed by atoms with E-state index in [2.05, 4.69) is 20.8 Å². The second kappa shape index (κ2) is 5.97. The molecule has 3 rings (SSSR count). The van der Waals surface area contributed by atoms with Crippen molar-refractivity contribution in [3.63, 3.8) is 0 Å². The first-order valence-corrected chi connectivity index (χ1v) is 8.12. The van der Waals surface area contributed by atoms with E-state index in [0.717, 1.165) is 30.2 Å². The van der Waals surface area contributed by atoms with E-state index in [0.29, 0.717) is 29.5 Å². The van der Waals surface area contributed by atoms with Crippen LogP contribution in [0, 0.1) is 0 Å². The Labute approximate surface area is 133 Å². The molecule has 0 saturated carbocycles. The molecule has 5 heteroatoms. The molecule has 2 unspecified atom stereocenters. The number of hydrogen-bond donors (Lipinski definition) is 0. The Hall–Kier alpha value is -1.07. The summed E-state index contributed by atoms with van der Waals surface area (Å²) in [4.78, 5) is 15.0. The molecule has 114 valence electrons. The quantitative estimate of drug-likeness (QED) is 0.837. The van der Waals surface area contributed by atoms with Crippen LogP contribution >= 0.6 is 15.9 Å². The van der Waals surface area contributed by atoms with Crippen LogP contribution in [0.1, 0.15) is 36.0 Å². The van der Waals surface area contributed by atoms with Crippen molar-refractivity contribution in [3.05, 3.63) is 28.2 Å². The summed E-state index contributed by atoms with van der Waals surface area (Å²) < 4.78 is 11.6. The molecule has 0 N–H and O–H groups in total. The first-order valence-electron chi connectivity index (χ1n) is 7.33. The van der Waals surface area contributed by atoms with Gasteiger partial charge >= 0.3 is 0 Å². The zero-order valence-corrected chi connectivity index (χ0v) is 13.9. The molecule has 1 amide bonds. The normalized spacial score (nSPS) is 27.8. The number of nitrogens with zero attached hydrogens (tertiary/aromatic N) is 1. The number of piperidine rings is 1. The van der Waals surface area contributed by atoms with Crippen molar-refractivity contribution in [1.29, 1.82) is 0 Å². The fraction of sp³-hybridized carbons (Fsp3) is 0.562. The molecule has 1 aromatic rings. The minimum Gasteiger partial charge on any atom is -0.497 e. The molecule has 21 heavy (non-hydrogen) atoms. The summed E-state index contributed by atoms with van der Waals surface area (Å²) in [5.41, 5.74) is 0.683. The average molecular weight is 354 g/mol. The maximum atomic E-state index is 12.9. The van der Waals surface area contributed by atoms with Gasteiger partial charge in [-0.15, -0.1) is 0 Å². The van der Waals surface area contributed by atoms with Gasteiger partial charge in [0, 0.05) is 23.7 Å². The van der Waals surface area contributed by atoms with Crippen LogP contribution in [-0.2, 0) is 4.74 Å². The number of rotatable bonds is 3. The van der Waals surface area contributed by atoms with Gasteiger partial charge in [0.25, 0.3) is 5.91 Å². The first kappa shape index (κ1) is 14.9. The van der Waals surface area contributed by atoms with Crippen molar-refractivity contribution in [2.24, 2.45) is 0 Å². The third-order valence-electron chi connectivity index (χ3n) is 4.66. The van der Waals surface area contributed by atoms with Crippen molar-refractivity contribution < 1.29 is 14.3 Å². The minimum atomic E-state index is 0.0998. The standard InChI is InChI=1S/C16H20BrNO3/c1-20-12-5-6-15(17)14(9-12)16(19)18-10-3-4-11(18)8-13(7-10)21-2/h5-6,9-11,13H,3-4,7-8H2,1-2H3. The highest BCUT2D eigenvalue weighted by Gasteiger charge is 2.43. The van der Waals surface area contributed by atoms with Crippen LogP contribution in [0.4, 0.5) is 0 Å². The number of halogens is 1. The SMILES string of the molecule is COc1ccc(Br)c(C(=O)N2C3CCC2CC(OC)C3)c1. The van der Waals surface area contributed by atoms with Crippen LogP contribution in [0.2, 0.25) is 0 Å². The lowest BCUT2D eigenvalue weighted by molar-refractivity contribution is 0.00816. The second-order valence-electron chi connectivity index (χ2n) is 5.77. The molecule has 4 nitrogen and oxygen atoms in total. The summed E-state index contributed by atoms with van der Waals surface area (Å²) in [5, 5.41) is 0. The number of amides is 1. The molecule has 2 bridgehead atoms. The highest BCUT2D eigenvalue weighted by atomic mass is 79.9. The summed E-state index contributed by atoms with van der Waals surface area (Å²) in [5.74, 6) is 0.809. The number of methoxy groups -OCH3 is 2. The summed E-state index contributed by atoms with van der Waals surface area (Å²) >= 11 is 3.48. The van der Waals surface area contributed by atoms with E-state index in [1.807, 2.05) is 18.2 Å². The predicted octanol–water partition coefficient (Wildman–Crippen LogP) is 3.24. The van der Waals surface area contributed by atoms with Gasteiger partial charge in [0.2, 0.25) is 0 Å². The summed E-state index contributed by atoms with van der Waals surface area (Å²) in [7, 11) is 3.38. The Morgan fingerprint density at radius 2 is 1.90 bits per heavy atom. The molecule has 2 aliphatic heterocycles. The van der Waals surface area contributed by atoms with Crippen molar-refractivity contribution in [2.75, 3.05) is 14.2 Å².